The van der Waals surface area contributed by atoms with Gasteiger partial charge in [0, 0.05) is 12.2 Å². The summed E-state index contributed by atoms with van der Waals surface area (Å²) in [5, 5.41) is 7.75. The first kappa shape index (κ1) is 16.7. The fraction of sp³-hybridized carbons (Fsp3) is 0.733. The van der Waals surface area contributed by atoms with Gasteiger partial charge in [0.15, 0.2) is 0 Å². The molecule has 0 aliphatic rings. The van der Waals surface area contributed by atoms with Crippen LogP contribution in [0, 0.1) is 20.8 Å². The summed E-state index contributed by atoms with van der Waals surface area (Å²) in [5.74, 6) is -0.167. The predicted molar refractivity (Wildman–Crippen MR) is 79.8 cm³/mol. The van der Waals surface area contributed by atoms with Crippen LogP contribution in [0.2, 0.25) is 0 Å². The predicted octanol–water partition coefficient (Wildman–Crippen LogP) is 2.13. The highest BCUT2D eigenvalue weighted by molar-refractivity contribution is 5.75. The van der Waals surface area contributed by atoms with E-state index in [1.165, 1.54) is 11.3 Å². The lowest BCUT2D eigenvalue weighted by Gasteiger charge is -2.17. The van der Waals surface area contributed by atoms with Gasteiger partial charge in [-0.3, -0.25) is 9.48 Å². The number of rotatable bonds is 8. The van der Waals surface area contributed by atoms with Crippen molar-refractivity contribution in [2.45, 2.75) is 60.0 Å². The second-order valence-corrected chi connectivity index (χ2v) is 5.07. The number of aryl methyl sites for hydroxylation is 2. The van der Waals surface area contributed by atoms with Crippen molar-refractivity contribution >= 4 is 5.97 Å². The summed E-state index contributed by atoms with van der Waals surface area (Å²) in [5.41, 5.74) is 3.44. The first-order chi connectivity index (χ1) is 9.51. The van der Waals surface area contributed by atoms with Crippen molar-refractivity contribution in [2.24, 2.45) is 0 Å². The third kappa shape index (κ3) is 4.34. The van der Waals surface area contributed by atoms with Crippen LogP contribution in [-0.2, 0) is 16.1 Å². The first-order valence-corrected chi connectivity index (χ1v) is 7.41. The average molecular weight is 281 g/mol. The normalized spacial score (nSPS) is 12.4. The van der Waals surface area contributed by atoms with Crippen LogP contribution in [0.3, 0.4) is 0 Å². The van der Waals surface area contributed by atoms with Crippen molar-refractivity contribution in [3.8, 4) is 0 Å². The Morgan fingerprint density at radius 2 is 2.05 bits per heavy atom. The summed E-state index contributed by atoms with van der Waals surface area (Å²) in [4.78, 5) is 11.9. The molecule has 0 aliphatic carbocycles. The molecule has 5 nitrogen and oxygen atoms in total. The van der Waals surface area contributed by atoms with Crippen molar-refractivity contribution in [2.75, 3.05) is 13.2 Å². The molecule has 0 radical (unpaired) electrons. The number of hydrogen-bond donors (Lipinski definition) is 1. The number of aromatic nitrogens is 2. The SMILES string of the molecule is CCCNC(CCn1nc(C)c(C)c1C)C(=O)OCC. The molecule has 1 aromatic heterocycles. The van der Waals surface area contributed by atoms with Crippen LogP contribution in [0.25, 0.3) is 0 Å². The Balaban J connectivity index is 2.65. The molecule has 0 bridgehead atoms. The molecule has 1 aromatic rings. The molecule has 20 heavy (non-hydrogen) atoms. The summed E-state index contributed by atoms with van der Waals surface area (Å²) in [6, 6.07) is -0.251. The second kappa shape index (κ2) is 8.04. The molecule has 1 heterocycles. The summed E-state index contributed by atoms with van der Waals surface area (Å²) in [7, 11) is 0. The molecule has 1 unspecified atom stereocenters. The van der Waals surface area contributed by atoms with E-state index in [9.17, 15) is 4.79 Å². The van der Waals surface area contributed by atoms with Gasteiger partial charge in [-0.25, -0.2) is 0 Å². The maximum Gasteiger partial charge on any atom is 0.323 e. The molecular formula is C15H27N3O2. The zero-order chi connectivity index (χ0) is 15.1. The van der Waals surface area contributed by atoms with Crippen molar-refractivity contribution in [1.29, 1.82) is 0 Å². The lowest BCUT2D eigenvalue weighted by atomic mass is 10.2. The average Bonchev–Trinajstić information content (AvgIpc) is 2.66. The Kier molecular flexibility index (Phi) is 6.71. The van der Waals surface area contributed by atoms with Gasteiger partial charge in [0.1, 0.15) is 6.04 Å². The topological polar surface area (TPSA) is 56.2 Å². The number of hydrogen-bond acceptors (Lipinski definition) is 4. The molecule has 1 rings (SSSR count). The molecule has 0 amide bonds. The monoisotopic (exact) mass is 281 g/mol. The highest BCUT2D eigenvalue weighted by Gasteiger charge is 2.19. The molecular weight excluding hydrogens is 254 g/mol. The van der Waals surface area contributed by atoms with E-state index in [0.717, 1.165) is 25.2 Å². The van der Waals surface area contributed by atoms with E-state index >= 15 is 0 Å². The number of carbonyl (C=O) groups is 1. The van der Waals surface area contributed by atoms with Gasteiger partial charge in [-0.1, -0.05) is 6.92 Å². The van der Waals surface area contributed by atoms with Crippen molar-refractivity contribution in [3.63, 3.8) is 0 Å². The standard InChI is InChI=1S/C15H27N3O2/c1-6-9-16-14(15(19)20-7-2)8-10-18-13(5)11(3)12(4)17-18/h14,16H,6-10H2,1-5H3. The summed E-state index contributed by atoms with van der Waals surface area (Å²) in [6.45, 7) is 12.0. The highest BCUT2D eigenvalue weighted by atomic mass is 16.5. The van der Waals surface area contributed by atoms with Crippen LogP contribution in [0.4, 0.5) is 0 Å². The third-order valence-corrected chi connectivity index (χ3v) is 3.58. The molecule has 114 valence electrons. The van der Waals surface area contributed by atoms with Gasteiger partial charge in [0.05, 0.1) is 12.3 Å². The molecule has 1 atom stereocenters. The van der Waals surface area contributed by atoms with Gasteiger partial charge in [0.25, 0.3) is 0 Å². The third-order valence-electron chi connectivity index (χ3n) is 3.58. The van der Waals surface area contributed by atoms with Gasteiger partial charge >= 0.3 is 5.97 Å². The van der Waals surface area contributed by atoms with E-state index in [0.29, 0.717) is 13.0 Å². The van der Waals surface area contributed by atoms with Crippen molar-refractivity contribution in [1.82, 2.24) is 15.1 Å². The summed E-state index contributed by atoms with van der Waals surface area (Å²) < 4.78 is 7.09. The van der Waals surface area contributed by atoms with Gasteiger partial charge in [-0.2, -0.15) is 5.10 Å². The number of esters is 1. The summed E-state index contributed by atoms with van der Waals surface area (Å²) in [6.07, 6.45) is 1.69. The Morgan fingerprint density at radius 3 is 2.55 bits per heavy atom. The molecule has 1 N–H and O–H groups in total. The van der Waals surface area contributed by atoms with Crippen molar-refractivity contribution in [3.05, 3.63) is 17.0 Å². The smallest absolute Gasteiger partial charge is 0.323 e. The molecule has 0 aromatic carbocycles. The van der Waals surface area contributed by atoms with E-state index < -0.39 is 0 Å². The Bertz CT molecular complexity index is 441. The van der Waals surface area contributed by atoms with Gasteiger partial charge in [0.2, 0.25) is 0 Å². The van der Waals surface area contributed by atoms with Crippen molar-refractivity contribution < 1.29 is 9.53 Å². The first-order valence-electron chi connectivity index (χ1n) is 7.41. The van der Waals surface area contributed by atoms with E-state index in [2.05, 4.69) is 31.2 Å². The number of ether oxygens (including phenoxy) is 1. The Labute approximate surface area is 121 Å². The van der Waals surface area contributed by atoms with Crippen LogP contribution in [0.5, 0.6) is 0 Å². The van der Waals surface area contributed by atoms with Crippen LogP contribution in [0.15, 0.2) is 0 Å². The van der Waals surface area contributed by atoms with Gasteiger partial charge < -0.3 is 10.1 Å². The van der Waals surface area contributed by atoms with Crippen LogP contribution in [-0.4, -0.2) is 34.9 Å². The molecule has 5 heteroatoms. The number of nitrogens with zero attached hydrogens (tertiary/aromatic N) is 2. The van der Waals surface area contributed by atoms with Crippen LogP contribution < -0.4 is 5.32 Å². The maximum atomic E-state index is 11.9. The molecule has 0 fully saturated rings. The Morgan fingerprint density at radius 1 is 1.35 bits per heavy atom. The largest absolute Gasteiger partial charge is 0.465 e. The Hall–Kier alpha value is -1.36. The zero-order valence-corrected chi connectivity index (χ0v) is 13.3. The molecule has 0 saturated heterocycles. The molecule has 0 saturated carbocycles. The maximum absolute atomic E-state index is 11.9. The van der Waals surface area contributed by atoms with E-state index in [1.54, 1.807) is 0 Å². The minimum absolute atomic E-state index is 0.167. The molecule has 0 aliphatic heterocycles. The van der Waals surface area contributed by atoms with Gasteiger partial charge in [-0.05, 0) is 52.6 Å². The van der Waals surface area contributed by atoms with Gasteiger partial charge in [-0.15, -0.1) is 0 Å². The lowest BCUT2D eigenvalue weighted by Crippen LogP contribution is -2.39. The number of carbonyl (C=O) groups excluding carboxylic acids is 1. The zero-order valence-electron chi connectivity index (χ0n) is 13.3. The highest BCUT2D eigenvalue weighted by Crippen LogP contribution is 2.12. The van der Waals surface area contributed by atoms with Crippen LogP contribution in [0.1, 0.15) is 43.6 Å². The fourth-order valence-corrected chi connectivity index (χ4v) is 2.12. The summed E-state index contributed by atoms with van der Waals surface area (Å²) >= 11 is 0. The van der Waals surface area contributed by atoms with E-state index in [1.807, 2.05) is 18.5 Å². The lowest BCUT2D eigenvalue weighted by molar-refractivity contribution is -0.145. The fourth-order valence-electron chi connectivity index (χ4n) is 2.12. The minimum atomic E-state index is -0.251. The minimum Gasteiger partial charge on any atom is -0.465 e. The molecule has 0 spiro atoms. The second-order valence-electron chi connectivity index (χ2n) is 5.07. The van der Waals surface area contributed by atoms with E-state index in [-0.39, 0.29) is 12.0 Å². The number of nitrogens with one attached hydrogen (secondary N) is 1. The van der Waals surface area contributed by atoms with E-state index in [4.69, 9.17) is 4.74 Å². The quantitative estimate of drug-likeness (QED) is 0.742. The van der Waals surface area contributed by atoms with Crippen LogP contribution >= 0.6 is 0 Å².